The van der Waals surface area contributed by atoms with E-state index in [2.05, 4.69) is 0 Å². The molecular formula is C15H19F3NOP. The topological polar surface area (TPSA) is 12.5 Å². The molecule has 116 valence electrons. The van der Waals surface area contributed by atoms with Gasteiger partial charge < -0.3 is 9.64 Å². The number of alkyl halides is 1. The first-order chi connectivity index (χ1) is 10.0. The van der Waals surface area contributed by atoms with E-state index < -0.39 is 17.7 Å². The Labute approximate surface area is 124 Å². The molecule has 2 nitrogen and oxygen atoms in total. The van der Waals surface area contributed by atoms with Gasteiger partial charge in [-0.05, 0) is 36.8 Å². The molecule has 2 aliphatic rings. The third-order valence-corrected chi connectivity index (χ3v) is 4.84. The summed E-state index contributed by atoms with van der Waals surface area (Å²) in [7, 11) is 1.79. The van der Waals surface area contributed by atoms with E-state index in [1.807, 2.05) is 4.90 Å². The second-order valence-electron chi connectivity index (χ2n) is 6.06. The first-order valence-electron chi connectivity index (χ1n) is 7.30. The molecule has 1 aromatic rings. The Morgan fingerprint density at radius 2 is 1.90 bits per heavy atom. The molecule has 1 spiro atoms. The van der Waals surface area contributed by atoms with E-state index in [0.29, 0.717) is 5.69 Å². The molecule has 6 heteroatoms. The number of ether oxygens (including phenoxy) is 1. The number of hydrogen-bond donors (Lipinski definition) is 0. The van der Waals surface area contributed by atoms with Crippen LogP contribution in [0, 0.1) is 17.0 Å². The summed E-state index contributed by atoms with van der Waals surface area (Å²) in [5.74, 6) is -2.47. The normalized spacial score (nSPS) is 22.0. The van der Waals surface area contributed by atoms with Gasteiger partial charge in [-0.1, -0.05) is 22.1 Å². The predicted molar refractivity (Wildman–Crippen MR) is 79.3 cm³/mol. The highest BCUT2D eigenvalue weighted by atomic mass is 31.0. The minimum absolute atomic E-state index is 0.290. The lowest BCUT2D eigenvalue weighted by atomic mass is 9.86. The van der Waals surface area contributed by atoms with Gasteiger partial charge in [-0.2, -0.15) is 8.78 Å². The van der Waals surface area contributed by atoms with Crippen LogP contribution >= 0.6 is 9.24 Å². The van der Waals surface area contributed by atoms with Crippen LogP contribution in [0.3, 0.4) is 0 Å². The zero-order valence-corrected chi connectivity index (χ0v) is 12.9. The van der Waals surface area contributed by atoms with Crippen molar-refractivity contribution in [2.24, 2.45) is 5.41 Å². The lowest BCUT2D eigenvalue weighted by molar-refractivity contribution is 0.146. The van der Waals surface area contributed by atoms with Crippen molar-refractivity contribution in [1.82, 2.24) is 0 Å². The zero-order valence-electron chi connectivity index (χ0n) is 11.7. The number of rotatable bonds is 3. The molecule has 0 amide bonds. The van der Waals surface area contributed by atoms with E-state index in [1.165, 1.54) is 31.7 Å². The van der Waals surface area contributed by atoms with Gasteiger partial charge in [-0.3, -0.25) is 0 Å². The molecule has 1 aliphatic heterocycles. The van der Waals surface area contributed by atoms with E-state index in [1.54, 1.807) is 9.24 Å². The van der Waals surface area contributed by atoms with Crippen molar-refractivity contribution in [2.45, 2.75) is 38.2 Å². The molecule has 0 bridgehead atoms. The third kappa shape index (κ3) is 2.85. The smallest absolute Gasteiger partial charge is 0.250 e. The van der Waals surface area contributed by atoms with Crippen molar-refractivity contribution in [1.29, 1.82) is 0 Å². The summed E-state index contributed by atoms with van der Waals surface area (Å²) in [4.78, 5) is 2.00. The van der Waals surface area contributed by atoms with Crippen molar-refractivity contribution in [3.8, 4) is 5.75 Å². The van der Waals surface area contributed by atoms with Crippen LogP contribution in [0.4, 0.5) is 18.9 Å². The maximum absolute atomic E-state index is 13.9. The first kappa shape index (κ1) is 15.0. The molecule has 0 radical (unpaired) electrons. The van der Waals surface area contributed by atoms with Gasteiger partial charge in [0.2, 0.25) is 11.9 Å². The van der Waals surface area contributed by atoms with Gasteiger partial charge >= 0.3 is 0 Å². The number of benzene rings is 1. The fourth-order valence-electron chi connectivity index (χ4n) is 3.67. The van der Waals surface area contributed by atoms with Crippen LogP contribution in [0.2, 0.25) is 0 Å². The summed E-state index contributed by atoms with van der Waals surface area (Å²) in [5.41, 5.74) is 0.737. The number of hydrogen-bond acceptors (Lipinski definition) is 2. The van der Waals surface area contributed by atoms with Gasteiger partial charge in [-0.25, -0.2) is 4.39 Å². The quantitative estimate of drug-likeness (QED) is 0.773. The predicted octanol–water partition coefficient (Wildman–Crippen LogP) is 4.24. The van der Waals surface area contributed by atoms with Gasteiger partial charge in [0, 0.05) is 13.1 Å². The van der Waals surface area contributed by atoms with Gasteiger partial charge in [-0.15, -0.1) is 0 Å². The molecule has 1 saturated heterocycles. The molecular weight excluding hydrogens is 298 g/mol. The zero-order chi connectivity index (χ0) is 15.0. The van der Waals surface area contributed by atoms with Gasteiger partial charge in [0.05, 0.1) is 5.69 Å². The van der Waals surface area contributed by atoms with Crippen LogP contribution in [0.5, 0.6) is 5.75 Å². The van der Waals surface area contributed by atoms with Gasteiger partial charge in [0.25, 0.3) is 0 Å². The molecule has 1 saturated carbocycles. The largest absolute Gasteiger partial charge is 0.452 e. The molecule has 1 aromatic carbocycles. The van der Waals surface area contributed by atoms with Crippen LogP contribution in [0.15, 0.2) is 12.1 Å². The summed E-state index contributed by atoms with van der Waals surface area (Å²) in [6, 6.07) is 2.56. The fourth-order valence-corrected chi connectivity index (χ4v) is 3.81. The second kappa shape index (κ2) is 5.68. The average Bonchev–Trinajstić information content (AvgIpc) is 3.06. The lowest BCUT2D eigenvalue weighted by Crippen LogP contribution is -2.25. The average molecular weight is 317 g/mol. The molecule has 0 N–H and O–H groups in total. The highest BCUT2D eigenvalue weighted by Crippen LogP contribution is 2.48. The maximum atomic E-state index is 13.9. The molecule has 1 aliphatic carbocycles. The molecule has 0 aromatic heterocycles. The number of nitrogens with zero attached hydrogens (tertiary/aromatic N) is 1. The SMILES string of the molecule is Fc1ccc(N2CCC3(CCCC3)C2)c(OC(F)P)c1F. The Balaban J connectivity index is 1.90. The summed E-state index contributed by atoms with van der Waals surface area (Å²) in [5, 5.41) is 0. The van der Waals surface area contributed by atoms with Crippen LogP contribution in [0.25, 0.3) is 0 Å². The van der Waals surface area contributed by atoms with Crippen LogP contribution in [-0.4, -0.2) is 19.2 Å². The third-order valence-electron chi connectivity index (χ3n) is 4.70. The van der Waals surface area contributed by atoms with Crippen LogP contribution < -0.4 is 9.64 Å². The summed E-state index contributed by atoms with van der Waals surface area (Å²) in [6.07, 6.45) is 4.10. The van der Waals surface area contributed by atoms with Crippen molar-refractivity contribution in [3.05, 3.63) is 23.8 Å². The molecule has 21 heavy (non-hydrogen) atoms. The Morgan fingerprint density at radius 3 is 2.57 bits per heavy atom. The molecule has 2 fully saturated rings. The minimum Gasteiger partial charge on any atom is -0.452 e. The van der Waals surface area contributed by atoms with E-state index in [9.17, 15) is 13.2 Å². The Hall–Kier alpha value is -0.960. The van der Waals surface area contributed by atoms with Crippen molar-refractivity contribution < 1.29 is 17.9 Å². The Bertz CT molecular complexity index is 532. The van der Waals surface area contributed by atoms with Gasteiger partial charge in [0.15, 0.2) is 11.6 Å². The molecule has 2 unspecified atom stereocenters. The van der Waals surface area contributed by atoms with Crippen molar-refractivity contribution >= 4 is 14.9 Å². The maximum Gasteiger partial charge on any atom is 0.250 e. The van der Waals surface area contributed by atoms with Gasteiger partial charge in [0.1, 0.15) is 0 Å². The van der Waals surface area contributed by atoms with Crippen LogP contribution in [-0.2, 0) is 0 Å². The summed E-state index contributed by atoms with van der Waals surface area (Å²) in [6.45, 7) is 1.58. The van der Waals surface area contributed by atoms with Crippen LogP contribution in [0.1, 0.15) is 32.1 Å². The van der Waals surface area contributed by atoms with E-state index >= 15 is 0 Å². The highest BCUT2D eigenvalue weighted by molar-refractivity contribution is 7.16. The van der Waals surface area contributed by atoms with E-state index in [-0.39, 0.29) is 11.2 Å². The van der Waals surface area contributed by atoms with E-state index in [0.717, 1.165) is 25.6 Å². The lowest BCUT2D eigenvalue weighted by Gasteiger charge is -2.26. The molecule has 2 atom stereocenters. The monoisotopic (exact) mass is 317 g/mol. The van der Waals surface area contributed by atoms with Crippen molar-refractivity contribution in [2.75, 3.05) is 18.0 Å². The van der Waals surface area contributed by atoms with Crippen molar-refractivity contribution in [3.63, 3.8) is 0 Å². The Kier molecular flexibility index (Phi) is 4.04. The number of anilines is 1. The number of halogens is 3. The summed E-state index contributed by atoms with van der Waals surface area (Å²) >= 11 is 0. The molecule has 3 rings (SSSR count). The molecule has 1 heterocycles. The fraction of sp³-hybridized carbons (Fsp3) is 0.600. The standard InChI is InChI=1S/C15H19F3NOP/c16-10-3-4-11(13(12(10)17)20-14(18)21)19-8-7-15(9-19)5-1-2-6-15/h3-4,14H,1-2,5-9,21H2. The highest BCUT2D eigenvalue weighted by Gasteiger charge is 2.41. The Morgan fingerprint density at radius 1 is 1.19 bits per heavy atom. The minimum atomic E-state index is -1.76. The summed E-state index contributed by atoms with van der Waals surface area (Å²) < 4.78 is 45.3. The first-order valence-corrected chi connectivity index (χ1v) is 7.97. The second-order valence-corrected chi connectivity index (χ2v) is 6.58. The van der Waals surface area contributed by atoms with E-state index in [4.69, 9.17) is 4.74 Å².